The van der Waals surface area contributed by atoms with Gasteiger partial charge < -0.3 is 14.4 Å². The maximum Gasteiger partial charge on any atom is 0.305 e. The number of aromatic nitrogens is 1. The normalized spacial score (nSPS) is 16.5. The van der Waals surface area contributed by atoms with Crippen LogP contribution in [-0.2, 0) is 14.3 Å². The van der Waals surface area contributed by atoms with Gasteiger partial charge in [0.2, 0.25) is 0 Å². The first-order chi connectivity index (χ1) is 14.2. The van der Waals surface area contributed by atoms with Crippen LogP contribution in [0.15, 0.2) is 48.7 Å². The van der Waals surface area contributed by atoms with Gasteiger partial charge in [0.1, 0.15) is 6.10 Å². The van der Waals surface area contributed by atoms with Crippen molar-refractivity contribution in [1.82, 2.24) is 9.88 Å². The van der Waals surface area contributed by atoms with E-state index in [1.165, 1.54) is 0 Å². The van der Waals surface area contributed by atoms with Crippen molar-refractivity contribution in [2.45, 2.75) is 44.8 Å². The molecule has 1 aliphatic heterocycles. The minimum Gasteiger partial charge on any atom is -0.466 e. The van der Waals surface area contributed by atoms with Gasteiger partial charge in [0.05, 0.1) is 18.4 Å². The van der Waals surface area contributed by atoms with Gasteiger partial charge >= 0.3 is 5.97 Å². The predicted octanol–water partition coefficient (Wildman–Crippen LogP) is 4.65. The topological polar surface area (TPSA) is 51.7 Å². The Labute approximate surface area is 178 Å². The minimum absolute atomic E-state index is 0.105. The van der Waals surface area contributed by atoms with E-state index in [2.05, 4.69) is 9.88 Å². The van der Waals surface area contributed by atoms with Crippen LogP contribution in [0.2, 0.25) is 5.02 Å². The second-order valence-electron chi connectivity index (χ2n) is 7.27. The van der Waals surface area contributed by atoms with E-state index in [1.54, 1.807) is 6.20 Å². The lowest BCUT2D eigenvalue weighted by molar-refractivity contribution is -0.143. The summed E-state index contributed by atoms with van der Waals surface area (Å²) in [6.45, 7) is 5.16. The van der Waals surface area contributed by atoms with Crippen molar-refractivity contribution in [3.63, 3.8) is 0 Å². The molecule has 1 aromatic heterocycles. The van der Waals surface area contributed by atoms with E-state index in [4.69, 9.17) is 21.1 Å². The Morgan fingerprint density at radius 2 is 1.97 bits per heavy atom. The number of pyridine rings is 1. The molecular weight excluding hydrogens is 388 g/mol. The van der Waals surface area contributed by atoms with Crippen LogP contribution in [0.1, 0.15) is 50.0 Å². The highest BCUT2D eigenvalue weighted by atomic mass is 35.5. The third kappa shape index (κ3) is 6.81. The molecule has 1 aliphatic rings. The fourth-order valence-electron chi connectivity index (χ4n) is 3.63. The highest BCUT2D eigenvalue weighted by molar-refractivity contribution is 6.30. The molecule has 2 heterocycles. The van der Waals surface area contributed by atoms with Crippen molar-refractivity contribution in [2.75, 3.05) is 26.2 Å². The van der Waals surface area contributed by atoms with Gasteiger partial charge in [0.15, 0.2) is 0 Å². The zero-order valence-electron chi connectivity index (χ0n) is 16.9. The Kier molecular flexibility index (Phi) is 8.47. The van der Waals surface area contributed by atoms with Gasteiger partial charge in [-0.05, 0) is 62.6 Å². The number of rotatable bonds is 9. The molecule has 29 heavy (non-hydrogen) atoms. The fourth-order valence-corrected chi connectivity index (χ4v) is 3.76. The predicted molar refractivity (Wildman–Crippen MR) is 114 cm³/mol. The van der Waals surface area contributed by atoms with Gasteiger partial charge in [-0.2, -0.15) is 0 Å². The maximum atomic E-state index is 11.5. The summed E-state index contributed by atoms with van der Waals surface area (Å²) < 4.78 is 11.5. The van der Waals surface area contributed by atoms with Crippen LogP contribution in [-0.4, -0.2) is 48.2 Å². The van der Waals surface area contributed by atoms with Gasteiger partial charge in [0.25, 0.3) is 0 Å². The zero-order chi connectivity index (χ0) is 20.5. The zero-order valence-corrected chi connectivity index (χ0v) is 17.7. The maximum absolute atomic E-state index is 11.5. The third-order valence-electron chi connectivity index (χ3n) is 5.15. The molecule has 1 atom stereocenters. The first-order valence-electron chi connectivity index (χ1n) is 10.4. The Bertz CT molecular complexity index is 746. The summed E-state index contributed by atoms with van der Waals surface area (Å²) >= 11 is 6.06. The summed E-state index contributed by atoms with van der Waals surface area (Å²) in [5.41, 5.74) is 1.97. The molecule has 1 aromatic carbocycles. The number of nitrogens with zero attached hydrogens (tertiary/aromatic N) is 2. The second kappa shape index (κ2) is 11.3. The van der Waals surface area contributed by atoms with E-state index in [9.17, 15) is 4.79 Å². The number of esters is 1. The molecule has 0 spiro atoms. The number of ether oxygens (including phenoxy) is 2. The molecule has 1 saturated heterocycles. The van der Waals surface area contributed by atoms with Crippen molar-refractivity contribution < 1.29 is 14.3 Å². The number of likely N-dealkylation sites (tertiary alicyclic amines) is 1. The summed E-state index contributed by atoms with van der Waals surface area (Å²) in [7, 11) is 0. The van der Waals surface area contributed by atoms with E-state index >= 15 is 0 Å². The summed E-state index contributed by atoms with van der Waals surface area (Å²) in [5.74, 6) is -0.105. The lowest BCUT2D eigenvalue weighted by Crippen LogP contribution is -2.38. The fraction of sp³-hybridized carbons (Fsp3) is 0.478. The molecular formula is C23H29ClN2O3. The SMILES string of the molecule is CCOC(=O)CCCN1CCC(O[C@@H](c2ccc(Cl)cc2)c2ccccn2)CC1. The molecule has 0 amide bonds. The quantitative estimate of drug-likeness (QED) is 0.557. The van der Waals surface area contributed by atoms with Gasteiger partial charge in [0, 0.05) is 30.7 Å². The second-order valence-corrected chi connectivity index (χ2v) is 7.71. The molecule has 0 bridgehead atoms. The molecule has 0 radical (unpaired) electrons. The van der Waals surface area contributed by atoms with E-state index in [0.717, 1.165) is 50.2 Å². The Balaban J connectivity index is 1.53. The highest BCUT2D eigenvalue weighted by Gasteiger charge is 2.25. The van der Waals surface area contributed by atoms with Crippen molar-refractivity contribution in [1.29, 1.82) is 0 Å². The van der Waals surface area contributed by atoms with Crippen LogP contribution < -0.4 is 0 Å². The molecule has 2 aromatic rings. The first-order valence-corrected chi connectivity index (χ1v) is 10.7. The number of halogens is 1. The molecule has 156 valence electrons. The molecule has 0 aliphatic carbocycles. The molecule has 0 unspecified atom stereocenters. The molecule has 1 fully saturated rings. The standard InChI is InChI=1S/C23H29ClN2O3/c1-2-28-22(27)7-5-15-26-16-12-20(13-17-26)29-23(21-6-3-4-14-25-21)18-8-10-19(24)11-9-18/h3-4,6,8-11,14,20,23H,2,5,7,12-13,15-17H2,1H3/t23-/m0/s1. The van der Waals surface area contributed by atoms with E-state index in [-0.39, 0.29) is 18.2 Å². The van der Waals surface area contributed by atoms with Gasteiger partial charge in [-0.15, -0.1) is 0 Å². The molecule has 0 saturated carbocycles. The summed E-state index contributed by atoms with van der Waals surface area (Å²) in [5, 5.41) is 0.713. The molecule has 6 heteroatoms. The highest BCUT2D eigenvalue weighted by Crippen LogP contribution is 2.29. The average Bonchev–Trinajstić information content (AvgIpc) is 2.75. The minimum atomic E-state index is -0.200. The third-order valence-corrected chi connectivity index (χ3v) is 5.40. The van der Waals surface area contributed by atoms with Gasteiger partial charge in [-0.1, -0.05) is 29.8 Å². The Hall–Kier alpha value is -1.95. The van der Waals surface area contributed by atoms with Crippen LogP contribution in [0.4, 0.5) is 0 Å². The van der Waals surface area contributed by atoms with E-state index in [0.29, 0.717) is 18.1 Å². The Morgan fingerprint density at radius 1 is 1.21 bits per heavy atom. The van der Waals surface area contributed by atoms with Crippen molar-refractivity contribution in [2.24, 2.45) is 0 Å². The van der Waals surface area contributed by atoms with Crippen molar-refractivity contribution >= 4 is 17.6 Å². The molecule has 5 nitrogen and oxygen atoms in total. The van der Waals surface area contributed by atoms with Gasteiger partial charge in [-0.3, -0.25) is 9.78 Å². The van der Waals surface area contributed by atoms with Crippen molar-refractivity contribution in [3.8, 4) is 0 Å². The number of carbonyl (C=O) groups is 1. The smallest absolute Gasteiger partial charge is 0.305 e. The van der Waals surface area contributed by atoms with Crippen molar-refractivity contribution in [3.05, 3.63) is 64.9 Å². The van der Waals surface area contributed by atoms with E-state index < -0.39 is 0 Å². The monoisotopic (exact) mass is 416 g/mol. The summed E-state index contributed by atoms with van der Waals surface area (Å²) in [4.78, 5) is 18.4. The van der Waals surface area contributed by atoms with Crippen LogP contribution in [0.5, 0.6) is 0 Å². The molecule has 3 rings (SSSR count). The number of hydrogen-bond donors (Lipinski definition) is 0. The number of benzene rings is 1. The van der Waals surface area contributed by atoms with E-state index in [1.807, 2.05) is 49.4 Å². The molecule has 0 N–H and O–H groups in total. The lowest BCUT2D eigenvalue weighted by atomic mass is 10.0. The van der Waals surface area contributed by atoms with Crippen LogP contribution in [0.3, 0.4) is 0 Å². The first kappa shape index (κ1) is 21.8. The lowest BCUT2D eigenvalue weighted by Gasteiger charge is -2.34. The number of piperidine rings is 1. The number of carbonyl (C=O) groups excluding carboxylic acids is 1. The van der Waals surface area contributed by atoms with Crippen LogP contribution in [0.25, 0.3) is 0 Å². The largest absolute Gasteiger partial charge is 0.466 e. The average molecular weight is 417 g/mol. The van der Waals surface area contributed by atoms with Crippen LogP contribution >= 0.6 is 11.6 Å². The number of hydrogen-bond acceptors (Lipinski definition) is 5. The summed E-state index contributed by atoms with van der Waals surface area (Å²) in [6.07, 6.45) is 5.04. The summed E-state index contributed by atoms with van der Waals surface area (Å²) in [6, 6.07) is 13.7. The Morgan fingerprint density at radius 3 is 2.62 bits per heavy atom. The van der Waals surface area contributed by atoms with Gasteiger partial charge in [-0.25, -0.2) is 0 Å². The van der Waals surface area contributed by atoms with Crippen LogP contribution in [0, 0.1) is 0 Å².